The number of methoxy groups -OCH3 is 1. The normalized spacial score (nSPS) is 11.1. The molecule has 0 fully saturated rings. The van der Waals surface area contributed by atoms with Crippen molar-refractivity contribution in [2.24, 2.45) is 0 Å². The lowest BCUT2D eigenvalue weighted by molar-refractivity contribution is 0.0945. The van der Waals surface area contributed by atoms with Gasteiger partial charge in [0.05, 0.1) is 7.11 Å². The van der Waals surface area contributed by atoms with E-state index in [9.17, 15) is 4.79 Å². The second-order valence-electron chi connectivity index (χ2n) is 5.81. The van der Waals surface area contributed by atoms with Gasteiger partial charge in [0.25, 0.3) is 5.91 Å². The third kappa shape index (κ3) is 4.01. The highest BCUT2D eigenvalue weighted by Gasteiger charge is 2.22. The molecule has 116 valence electrons. The largest absolute Gasteiger partial charge is 0.497 e. The zero-order valence-corrected chi connectivity index (χ0v) is 13.8. The molecule has 3 nitrogen and oxygen atoms in total. The van der Waals surface area contributed by atoms with Crippen LogP contribution >= 0.6 is 11.6 Å². The molecule has 0 aliphatic carbocycles. The second kappa shape index (κ2) is 6.84. The number of hydrogen-bond acceptors (Lipinski definition) is 2. The van der Waals surface area contributed by atoms with Crippen LogP contribution in [0.3, 0.4) is 0 Å². The molecule has 2 rings (SSSR count). The molecular weight excluding hydrogens is 298 g/mol. The smallest absolute Gasteiger partial charge is 0.251 e. The Labute approximate surface area is 136 Å². The molecule has 2 aromatic carbocycles. The fraction of sp³-hybridized carbons (Fsp3) is 0.278. The van der Waals surface area contributed by atoms with Crippen LogP contribution in [0.5, 0.6) is 5.75 Å². The van der Waals surface area contributed by atoms with Crippen LogP contribution in [-0.2, 0) is 5.41 Å². The Balaban J connectivity index is 2.02. The Kier molecular flexibility index (Phi) is 5.09. The molecule has 0 saturated heterocycles. The minimum absolute atomic E-state index is 0.0993. The number of carbonyl (C=O) groups excluding carboxylic acids is 1. The van der Waals surface area contributed by atoms with Gasteiger partial charge in [0.15, 0.2) is 0 Å². The van der Waals surface area contributed by atoms with Crippen LogP contribution in [0.2, 0.25) is 5.02 Å². The van der Waals surface area contributed by atoms with Gasteiger partial charge in [-0.15, -0.1) is 0 Å². The molecule has 0 bridgehead atoms. The van der Waals surface area contributed by atoms with Crippen LogP contribution in [0.15, 0.2) is 48.5 Å². The molecule has 0 aliphatic heterocycles. The van der Waals surface area contributed by atoms with E-state index in [4.69, 9.17) is 16.3 Å². The summed E-state index contributed by atoms with van der Waals surface area (Å²) < 4.78 is 5.09. The summed E-state index contributed by atoms with van der Waals surface area (Å²) in [4.78, 5) is 12.2. The number of benzene rings is 2. The van der Waals surface area contributed by atoms with Crippen molar-refractivity contribution in [3.05, 3.63) is 64.7 Å². The van der Waals surface area contributed by atoms with E-state index in [1.807, 2.05) is 24.3 Å². The summed E-state index contributed by atoms with van der Waals surface area (Å²) in [6.45, 7) is 4.68. The van der Waals surface area contributed by atoms with Gasteiger partial charge in [0, 0.05) is 22.5 Å². The third-order valence-electron chi connectivity index (χ3n) is 3.65. The molecule has 1 amide bonds. The Hall–Kier alpha value is -2.00. The van der Waals surface area contributed by atoms with Crippen molar-refractivity contribution in [3.8, 4) is 5.75 Å². The van der Waals surface area contributed by atoms with Crippen LogP contribution in [-0.4, -0.2) is 19.6 Å². The summed E-state index contributed by atoms with van der Waals surface area (Å²) in [7, 11) is 1.60. The minimum atomic E-state index is -0.201. The Morgan fingerprint density at radius 2 is 1.86 bits per heavy atom. The van der Waals surface area contributed by atoms with Crippen LogP contribution in [0.1, 0.15) is 29.8 Å². The van der Waals surface area contributed by atoms with Crippen LogP contribution < -0.4 is 10.1 Å². The number of nitrogens with one attached hydrogen (secondary N) is 1. The van der Waals surface area contributed by atoms with Crippen molar-refractivity contribution in [2.75, 3.05) is 13.7 Å². The molecule has 0 unspecified atom stereocenters. The fourth-order valence-electron chi connectivity index (χ4n) is 2.16. The highest BCUT2D eigenvalue weighted by atomic mass is 35.5. The van der Waals surface area contributed by atoms with Gasteiger partial charge in [-0.3, -0.25) is 4.79 Å². The maximum atomic E-state index is 12.2. The van der Waals surface area contributed by atoms with Crippen molar-refractivity contribution < 1.29 is 9.53 Å². The van der Waals surface area contributed by atoms with Crippen LogP contribution in [0, 0.1) is 0 Å². The maximum absolute atomic E-state index is 12.2. The molecule has 0 aliphatic rings. The van der Waals surface area contributed by atoms with Crippen LogP contribution in [0.25, 0.3) is 0 Å². The quantitative estimate of drug-likeness (QED) is 0.903. The van der Waals surface area contributed by atoms with E-state index in [0.717, 1.165) is 11.3 Å². The molecule has 0 atom stereocenters. The second-order valence-corrected chi connectivity index (χ2v) is 6.24. The van der Waals surface area contributed by atoms with E-state index in [1.54, 1.807) is 31.4 Å². The number of carbonyl (C=O) groups is 1. The monoisotopic (exact) mass is 317 g/mol. The van der Waals surface area contributed by atoms with E-state index in [-0.39, 0.29) is 11.3 Å². The van der Waals surface area contributed by atoms with E-state index < -0.39 is 0 Å². The first-order valence-electron chi connectivity index (χ1n) is 7.11. The molecule has 0 aromatic heterocycles. The van der Waals surface area contributed by atoms with Crippen molar-refractivity contribution in [1.29, 1.82) is 0 Å². The highest BCUT2D eigenvalue weighted by Crippen LogP contribution is 2.25. The predicted octanol–water partition coefficient (Wildman–Crippen LogP) is 4.06. The van der Waals surface area contributed by atoms with Gasteiger partial charge in [0.2, 0.25) is 0 Å². The summed E-state index contributed by atoms with van der Waals surface area (Å²) in [5.41, 5.74) is 1.50. The van der Waals surface area contributed by atoms with Crippen molar-refractivity contribution in [1.82, 2.24) is 5.32 Å². The number of rotatable bonds is 5. The number of ether oxygens (including phenoxy) is 1. The standard InChI is InChI=1S/C18H20ClNO2/c1-18(2,14-5-4-6-15(19)11-14)12-20-17(21)13-7-9-16(22-3)10-8-13/h4-11H,12H2,1-3H3,(H,20,21). The van der Waals surface area contributed by atoms with Crippen LogP contribution in [0.4, 0.5) is 0 Å². The topological polar surface area (TPSA) is 38.3 Å². The summed E-state index contributed by atoms with van der Waals surface area (Å²) in [5, 5.41) is 3.67. The number of amides is 1. The third-order valence-corrected chi connectivity index (χ3v) is 3.88. The summed E-state index contributed by atoms with van der Waals surface area (Å²) >= 11 is 6.04. The average molecular weight is 318 g/mol. The van der Waals surface area contributed by atoms with Gasteiger partial charge < -0.3 is 10.1 Å². The first kappa shape index (κ1) is 16.4. The molecule has 2 aromatic rings. The van der Waals surface area contributed by atoms with E-state index in [1.165, 1.54) is 0 Å². The zero-order chi connectivity index (χ0) is 16.2. The molecule has 0 heterocycles. The van der Waals surface area contributed by atoms with Gasteiger partial charge in [-0.05, 0) is 42.0 Å². The molecule has 0 radical (unpaired) electrons. The molecule has 1 N–H and O–H groups in total. The van der Waals surface area contributed by atoms with E-state index in [2.05, 4.69) is 19.2 Å². The Bertz CT molecular complexity index is 650. The van der Waals surface area contributed by atoms with Gasteiger partial charge >= 0.3 is 0 Å². The number of halogens is 1. The molecule has 0 saturated carbocycles. The lowest BCUT2D eigenvalue weighted by Crippen LogP contribution is -2.36. The first-order chi connectivity index (χ1) is 10.4. The average Bonchev–Trinajstić information content (AvgIpc) is 2.53. The predicted molar refractivity (Wildman–Crippen MR) is 89.8 cm³/mol. The van der Waals surface area contributed by atoms with E-state index >= 15 is 0 Å². The molecular formula is C18H20ClNO2. The zero-order valence-electron chi connectivity index (χ0n) is 13.0. The maximum Gasteiger partial charge on any atom is 0.251 e. The summed E-state index contributed by atoms with van der Waals surface area (Å²) in [6.07, 6.45) is 0. The SMILES string of the molecule is COc1ccc(C(=O)NCC(C)(C)c2cccc(Cl)c2)cc1. The minimum Gasteiger partial charge on any atom is -0.497 e. The van der Waals surface area contributed by atoms with Crippen molar-refractivity contribution in [3.63, 3.8) is 0 Å². The Morgan fingerprint density at radius 1 is 1.18 bits per heavy atom. The van der Waals surface area contributed by atoms with Gasteiger partial charge in [-0.1, -0.05) is 37.6 Å². The van der Waals surface area contributed by atoms with Crippen molar-refractivity contribution in [2.45, 2.75) is 19.3 Å². The molecule has 4 heteroatoms. The first-order valence-corrected chi connectivity index (χ1v) is 7.48. The lowest BCUT2D eigenvalue weighted by atomic mass is 9.84. The van der Waals surface area contributed by atoms with Gasteiger partial charge in [0.1, 0.15) is 5.75 Å². The molecule has 0 spiro atoms. The van der Waals surface area contributed by atoms with Gasteiger partial charge in [-0.25, -0.2) is 0 Å². The fourth-order valence-corrected chi connectivity index (χ4v) is 2.35. The molecule has 22 heavy (non-hydrogen) atoms. The summed E-state index contributed by atoms with van der Waals surface area (Å²) in [5.74, 6) is 0.633. The van der Waals surface area contributed by atoms with Crippen molar-refractivity contribution >= 4 is 17.5 Å². The lowest BCUT2D eigenvalue weighted by Gasteiger charge is -2.26. The summed E-state index contributed by atoms with van der Waals surface area (Å²) in [6, 6.07) is 14.8. The van der Waals surface area contributed by atoms with Gasteiger partial charge in [-0.2, -0.15) is 0 Å². The van der Waals surface area contributed by atoms with E-state index in [0.29, 0.717) is 17.1 Å². The highest BCUT2D eigenvalue weighted by molar-refractivity contribution is 6.30. The Morgan fingerprint density at radius 3 is 2.45 bits per heavy atom. The number of hydrogen-bond donors (Lipinski definition) is 1.